The third-order valence-corrected chi connectivity index (χ3v) is 3.99. The van der Waals surface area contributed by atoms with E-state index >= 15 is 0 Å². The Morgan fingerprint density at radius 2 is 2.00 bits per heavy atom. The lowest BCUT2D eigenvalue weighted by atomic mass is 10.2. The number of hydrogen-bond donors (Lipinski definition) is 0. The molecule has 6 heteroatoms. The summed E-state index contributed by atoms with van der Waals surface area (Å²) >= 11 is 0. The predicted octanol–water partition coefficient (Wildman–Crippen LogP) is 3.31. The van der Waals surface area contributed by atoms with Crippen LogP contribution in [0, 0.1) is 0 Å². The lowest BCUT2D eigenvalue weighted by Crippen LogP contribution is -2.30. The molecule has 0 radical (unpaired) electrons. The van der Waals surface area contributed by atoms with Crippen LogP contribution >= 0.6 is 0 Å². The van der Waals surface area contributed by atoms with Crippen molar-refractivity contribution in [3.8, 4) is 11.5 Å². The van der Waals surface area contributed by atoms with Gasteiger partial charge >= 0.3 is 0 Å². The van der Waals surface area contributed by atoms with Crippen LogP contribution in [0.5, 0.6) is 0 Å². The van der Waals surface area contributed by atoms with E-state index in [-0.39, 0.29) is 11.9 Å². The molecule has 3 aromatic rings. The van der Waals surface area contributed by atoms with Gasteiger partial charge in [-0.1, -0.05) is 18.2 Å². The van der Waals surface area contributed by atoms with Crippen molar-refractivity contribution in [1.29, 1.82) is 0 Å². The van der Waals surface area contributed by atoms with Gasteiger partial charge in [-0.3, -0.25) is 4.79 Å². The third-order valence-electron chi connectivity index (χ3n) is 3.99. The molecule has 0 aliphatic carbocycles. The maximum atomic E-state index is 12.5. The maximum Gasteiger partial charge on any atom is 0.290 e. The summed E-state index contributed by atoms with van der Waals surface area (Å²) in [6.45, 7) is 0.660. The molecule has 1 unspecified atom stereocenters. The summed E-state index contributed by atoms with van der Waals surface area (Å²) in [7, 11) is 0. The van der Waals surface area contributed by atoms with E-state index in [1.165, 1.54) is 6.26 Å². The van der Waals surface area contributed by atoms with Crippen molar-refractivity contribution in [3.63, 3.8) is 0 Å². The molecule has 116 valence electrons. The zero-order valence-electron chi connectivity index (χ0n) is 12.4. The van der Waals surface area contributed by atoms with Crippen LogP contribution in [0.15, 0.2) is 57.6 Å². The molecule has 1 aliphatic rings. The monoisotopic (exact) mass is 309 g/mol. The van der Waals surface area contributed by atoms with Crippen molar-refractivity contribution in [2.75, 3.05) is 6.54 Å². The molecule has 6 nitrogen and oxygen atoms in total. The van der Waals surface area contributed by atoms with Crippen molar-refractivity contribution in [2.45, 2.75) is 18.9 Å². The fourth-order valence-electron chi connectivity index (χ4n) is 2.87. The van der Waals surface area contributed by atoms with E-state index < -0.39 is 0 Å². The summed E-state index contributed by atoms with van der Waals surface area (Å²) in [5.74, 6) is 1.14. The van der Waals surface area contributed by atoms with Crippen LogP contribution in [0.3, 0.4) is 0 Å². The zero-order chi connectivity index (χ0) is 15.6. The molecule has 3 heterocycles. The topological polar surface area (TPSA) is 72.4 Å². The average molecular weight is 309 g/mol. The first kappa shape index (κ1) is 13.8. The van der Waals surface area contributed by atoms with Crippen molar-refractivity contribution < 1.29 is 13.6 Å². The molecule has 23 heavy (non-hydrogen) atoms. The van der Waals surface area contributed by atoms with Crippen molar-refractivity contribution in [1.82, 2.24) is 15.1 Å². The van der Waals surface area contributed by atoms with E-state index in [0.717, 1.165) is 18.4 Å². The molecule has 1 saturated heterocycles. The van der Waals surface area contributed by atoms with Gasteiger partial charge < -0.3 is 13.7 Å². The van der Waals surface area contributed by atoms with Gasteiger partial charge in [-0.25, -0.2) is 0 Å². The smallest absolute Gasteiger partial charge is 0.290 e. The highest BCUT2D eigenvalue weighted by Crippen LogP contribution is 2.33. The summed E-state index contributed by atoms with van der Waals surface area (Å²) in [4.78, 5) is 14.2. The Morgan fingerprint density at radius 1 is 1.13 bits per heavy atom. The van der Waals surface area contributed by atoms with E-state index in [1.807, 2.05) is 30.3 Å². The quantitative estimate of drug-likeness (QED) is 0.742. The number of hydrogen-bond acceptors (Lipinski definition) is 5. The number of rotatable bonds is 3. The SMILES string of the molecule is O=C(c1ccco1)N1CCCC1c1nnc(-c2ccccc2)o1. The molecule has 2 aromatic heterocycles. The zero-order valence-corrected chi connectivity index (χ0v) is 12.4. The lowest BCUT2D eigenvalue weighted by molar-refractivity contribution is 0.0683. The van der Waals surface area contributed by atoms with Crippen LogP contribution in [0.25, 0.3) is 11.5 Å². The van der Waals surface area contributed by atoms with Gasteiger partial charge in [-0.05, 0) is 37.1 Å². The fraction of sp³-hybridized carbons (Fsp3) is 0.235. The van der Waals surface area contributed by atoms with Gasteiger partial charge in [0.2, 0.25) is 11.8 Å². The molecular weight excluding hydrogens is 294 g/mol. The van der Waals surface area contributed by atoms with Gasteiger partial charge in [0, 0.05) is 12.1 Å². The first-order chi connectivity index (χ1) is 11.3. The number of nitrogens with zero attached hydrogens (tertiary/aromatic N) is 3. The van der Waals surface area contributed by atoms with E-state index in [1.54, 1.807) is 17.0 Å². The highest BCUT2D eigenvalue weighted by Gasteiger charge is 2.35. The number of carbonyl (C=O) groups excluding carboxylic acids is 1. The largest absolute Gasteiger partial charge is 0.459 e. The van der Waals surface area contributed by atoms with Crippen molar-refractivity contribution in [2.24, 2.45) is 0 Å². The maximum absolute atomic E-state index is 12.5. The fourth-order valence-corrected chi connectivity index (χ4v) is 2.87. The predicted molar refractivity (Wildman–Crippen MR) is 81.5 cm³/mol. The van der Waals surface area contributed by atoms with E-state index in [4.69, 9.17) is 8.83 Å². The first-order valence-corrected chi connectivity index (χ1v) is 7.56. The van der Waals surface area contributed by atoms with Crippen molar-refractivity contribution >= 4 is 5.91 Å². The number of aromatic nitrogens is 2. The van der Waals surface area contributed by atoms with E-state index in [9.17, 15) is 4.79 Å². The second-order valence-electron chi connectivity index (χ2n) is 5.45. The van der Waals surface area contributed by atoms with Gasteiger partial charge in [-0.2, -0.15) is 0 Å². The summed E-state index contributed by atoms with van der Waals surface area (Å²) in [6, 6.07) is 12.8. The van der Waals surface area contributed by atoms with Gasteiger partial charge in [-0.15, -0.1) is 10.2 Å². The van der Waals surface area contributed by atoms with Gasteiger partial charge in [0.25, 0.3) is 5.91 Å². The van der Waals surface area contributed by atoms with Crippen LogP contribution in [0.1, 0.15) is 35.3 Å². The Balaban J connectivity index is 1.60. The number of likely N-dealkylation sites (tertiary alicyclic amines) is 1. The highest BCUT2D eigenvalue weighted by atomic mass is 16.4. The number of carbonyl (C=O) groups is 1. The van der Waals surface area contributed by atoms with Crippen LogP contribution < -0.4 is 0 Å². The van der Waals surface area contributed by atoms with Crippen molar-refractivity contribution in [3.05, 3.63) is 60.4 Å². The Hall–Kier alpha value is -2.89. The molecule has 0 N–H and O–H groups in total. The highest BCUT2D eigenvalue weighted by molar-refractivity contribution is 5.91. The minimum absolute atomic E-state index is 0.142. The molecule has 0 saturated carbocycles. The minimum atomic E-state index is -0.197. The number of amides is 1. The molecule has 1 atom stereocenters. The second-order valence-corrected chi connectivity index (χ2v) is 5.45. The molecule has 0 spiro atoms. The molecule has 1 amide bonds. The third kappa shape index (κ3) is 2.52. The summed E-state index contributed by atoms with van der Waals surface area (Å²) in [6.07, 6.45) is 3.21. The second kappa shape index (κ2) is 5.72. The van der Waals surface area contributed by atoms with Crippen LogP contribution in [0.4, 0.5) is 0 Å². The molecule has 1 aliphatic heterocycles. The summed E-state index contributed by atoms with van der Waals surface area (Å²) in [5, 5.41) is 8.26. The number of furan rings is 1. The van der Waals surface area contributed by atoms with Crippen LogP contribution in [-0.2, 0) is 0 Å². The average Bonchev–Trinajstić information content (AvgIpc) is 3.35. The number of benzene rings is 1. The summed E-state index contributed by atoms with van der Waals surface area (Å²) in [5.41, 5.74) is 0.869. The molecule has 0 bridgehead atoms. The van der Waals surface area contributed by atoms with Gasteiger partial charge in [0.05, 0.1) is 6.26 Å². The first-order valence-electron chi connectivity index (χ1n) is 7.56. The molecule has 4 rings (SSSR count). The van der Waals surface area contributed by atoms with Crippen LogP contribution in [-0.4, -0.2) is 27.5 Å². The van der Waals surface area contributed by atoms with Crippen LogP contribution in [0.2, 0.25) is 0 Å². The Bertz CT molecular complexity index is 796. The van der Waals surface area contributed by atoms with E-state index in [2.05, 4.69) is 10.2 Å². The molecule has 1 aromatic carbocycles. The molecular formula is C17H15N3O3. The lowest BCUT2D eigenvalue weighted by Gasteiger charge is -2.20. The Kier molecular flexibility index (Phi) is 3.42. The van der Waals surface area contributed by atoms with Gasteiger partial charge in [0.1, 0.15) is 6.04 Å². The Labute approximate surface area is 132 Å². The standard InChI is InChI=1S/C17H15N3O3/c21-17(14-9-5-11-22-14)20-10-4-8-13(20)16-19-18-15(23-16)12-6-2-1-3-7-12/h1-3,5-7,9,11,13H,4,8,10H2. The minimum Gasteiger partial charge on any atom is -0.459 e. The van der Waals surface area contributed by atoms with E-state index in [0.29, 0.717) is 24.1 Å². The van der Waals surface area contributed by atoms with Gasteiger partial charge in [0.15, 0.2) is 5.76 Å². The summed E-state index contributed by atoms with van der Waals surface area (Å²) < 4.78 is 11.0. The normalized spacial score (nSPS) is 17.6. The molecule has 1 fully saturated rings. The Morgan fingerprint density at radius 3 is 2.78 bits per heavy atom.